The lowest BCUT2D eigenvalue weighted by Gasteiger charge is -2.51. The number of carbonyl (C=O) groups is 1. The van der Waals surface area contributed by atoms with Crippen molar-refractivity contribution in [1.29, 1.82) is 0 Å². The first kappa shape index (κ1) is 16.1. The number of alkyl halides is 3. The molecule has 0 aromatic rings. The third-order valence-corrected chi connectivity index (χ3v) is 5.38. The molecule has 4 rings (SSSR count). The van der Waals surface area contributed by atoms with E-state index in [1.807, 2.05) is 0 Å². The van der Waals surface area contributed by atoms with Crippen LogP contribution in [0, 0.1) is 5.92 Å². The Morgan fingerprint density at radius 3 is 2.14 bits per heavy atom. The Labute approximate surface area is 129 Å². The van der Waals surface area contributed by atoms with Crippen molar-refractivity contribution < 1.29 is 18.0 Å². The third-order valence-electron chi connectivity index (χ3n) is 5.38. The zero-order valence-electron chi connectivity index (χ0n) is 12.8. The molecule has 0 aromatic heterocycles. The number of nitrogens with zero attached hydrogens (tertiary/aromatic N) is 3. The number of hydrogen-bond acceptors (Lipinski definition) is 3. The summed E-state index contributed by atoms with van der Waals surface area (Å²) in [6.07, 6.45) is -3.15. The predicted molar refractivity (Wildman–Crippen MR) is 76.4 cm³/mol. The lowest BCUT2D eigenvalue weighted by Crippen LogP contribution is -2.61. The average Bonchev–Trinajstić information content (AvgIpc) is 2.53. The monoisotopic (exact) mass is 319 g/mol. The Morgan fingerprint density at radius 1 is 1.00 bits per heavy atom. The van der Waals surface area contributed by atoms with Gasteiger partial charge in [0.15, 0.2) is 0 Å². The molecule has 0 saturated carbocycles. The fraction of sp³-hybridized carbons (Fsp3) is 0.933. The number of halogens is 3. The molecule has 0 aliphatic carbocycles. The Morgan fingerprint density at radius 2 is 1.64 bits per heavy atom. The second-order valence-electron chi connectivity index (χ2n) is 6.74. The van der Waals surface area contributed by atoms with Gasteiger partial charge in [-0.3, -0.25) is 9.69 Å². The van der Waals surface area contributed by atoms with E-state index in [0.717, 1.165) is 25.6 Å². The van der Waals surface area contributed by atoms with Crippen LogP contribution in [-0.2, 0) is 4.79 Å². The molecule has 126 valence electrons. The fourth-order valence-corrected chi connectivity index (χ4v) is 4.06. The van der Waals surface area contributed by atoms with E-state index in [2.05, 4.69) is 9.80 Å². The maximum Gasteiger partial charge on any atom is 0.389 e. The summed E-state index contributed by atoms with van der Waals surface area (Å²) < 4.78 is 36.6. The van der Waals surface area contributed by atoms with E-state index in [4.69, 9.17) is 0 Å². The number of amides is 1. The van der Waals surface area contributed by atoms with Gasteiger partial charge in [0, 0.05) is 45.2 Å². The summed E-state index contributed by atoms with van der Waals surface area (Å²) >= 11 is 0. The summed E-state index contributed by atoms with van der Waals surface area (Å²) in [7, 11) is 0. The first-order valence-corrected chi connectivity index (χ1v) is 8.23. The van der Waals surface area contributed by atoms with Crippen LogP contribution >= 0.6 is 0 Å². The second kappa shape index (κ2) is 6.35. The predicted octanol–water partition coefficient (Wildman–Crippen LogP) is 1.57. The Bertz CT molecular complexity index is 399. The summed E-state index contributed by atoms with van der Waals surface area (Å²) in [6, 6.07) is 0.579. The topological polar surface area (TPSA) is 26.8 Å². The number of piperazine rings is 1. The van der Waals surface area contributed by atoms with Crippen LogP contribution < -0.4 is 0 Å². The van der Waals surface area contributed by atoms with Crippen molar-refractivity contribution in [3.63, 3.8) is 0 Å². The number of fused-ring (bicyclic) bond motifs is 3. The normalized spacial score (nSPS) is 33.2. The van der Waals surface area contributed by atoms with Crippen molar-refractivity contribution >= 4 is 5.91 Å². The highest BCUT2D eigenvalue weighted by atomic mass is 19.4. The first-order chi connectivity index (χ1) is 10.4. The van der Waals surface area contributed by atoms with Crippen molar-refractivity contribution in [1.82, 2.24) is 14.7 Å². The largest absolute Gasteiger partial charge is 0.389 e. The Balaban J connectivity index is 1.45. The molecule has 0 N–H and O–H groups in total. The Kier molecular flexibility index (Phi) is 4.64. The van der Waals surface area contributed by atoms with E-state index in [0.29, 0.717) is 19.1 Å². The molecule has 4 fully saturated rings. The van der Waals surface area contributed by atoms with Crippen LogP contribution in [0.25, 0.3) is 0 Å². The quantitative estimate of drug-likeness (QED) is 0.790. The van der Waals surface area contributed by atoms with E-state index >= 15 is 0 Å². The van der Waals surface area contributed by atoms with Crippen LogP contribution in [0.4, 0.5) is 13.2 Å². The molecule has 1 atom stereocenters. The standard InChI is InChI=1S/C15H24F3N3O/c16-15(17,18)4-1-14(22)21-9-7-20(8-10-21)13-11-19-5-2-12(13)3-6-19/h12-13H,1-11H2/t13-/m0/s1. The van der Waals surface area contributed by atoms with Crippen LogP contribution in [0.5, 0.6) is 0 Å². The van der Waals surface area contributed by atoms with Gasteiger partial charge in [0.2, 0.25) is 5.91 Å². The molecular weight excluding hydrogens is 295 g/mol. The van der Waals surface area contributed by atoms with Crippen LogP contribution in [0.3, 0.4) is 0 Å². The molecule has 0 spiro atoms. The van der Waals surface area contributed by atoms with Gasteiger partial charge in [-0.25, -0.2) is 0 Å². The summed E-state index contributed by atoms with van der Waals surface area (Å²) in [6.45, 7) is 6.26. The summed E-state index contributed by atoms with van der Waals surface area (Å²) in [4.78, 5) is 18.4. The van der Waals surface area contributed by atoms with Gasteiger partial charge in [0.1, 0.15) is 0 Å². The smallest absolute Gasteiger partial charge is 0.340 e. The second-order valence-corrected chi connectivity index (χ2v) is 6.74. The van der Waals surface area contributed by atoms with Crippen molar-refractivity contribution in [2.75, 3.05) is 45.8 Å². The van der Waals surface area contributed by atoms with E-state index in [1.54, 1.807) is 4.90 Å². The summed E-state index contributed by atoms with van der Waals surface area (Å²) in [5.41, 5.74) is 0. The molecule has 0 radical (unpaired) electrons. The summed E-state index contributed by atoms with van der Waals surface area (Å²) in [5, 5.41) is 0. The minimum atomic E-state index is -4.24. The molecule has 4 heterocycles. The molecule has 4 nitrogen and oxygen atoms in total. The number of hydrogen-bond donors (Lipinski definition) is 0. The maximum atomic E-state index is 12.2. The van der Waals surface area contributed by atoms with Crippen molar-refractivity contribution in [2.24, 2.45) is 5.92 Å². The Hall–Kier alpha value is -0.820. The highest BCUT2D eigenvalue weighted by molar-refractivity contribution is 5.76. The van der Waals surface area contributed by atoms with Crippen LogP contribution in [0.15, 0.2) is 0 Å². The van der Waals surface area contributed by atoms with Gasteiger partial charge in [-0.2, -0.15) is 13.2 Å². The number of rotatable bonds is 3. The molecule has 4 aliphatic heterocycles. The molecule has 1 amide bonds. The molecule has 0 aromatic carbocycles. The first-order valence-electron chi connectivity index (χ1n) is 8.23. The molecule has 0 unspecified atom stereocenters. The highest BCUT2D eigenvalue weighted by Crippen LogP contribution is 2.31. The maximum absolute atomic E-state index is 12.2. The average molecular weight is 319 g/mol. The van der Waals surface area contributed by atoms with Crippen LogP contribution in [0.2, 0.25) is 0 Å². The minimum absolute atomic E-state index is 0.356. The molecule has 4 saturated heterocycles. The molecular formula is C15H24F3N3O. The van der Waals surface area contributed by atoms with E-state index in [1.165, 1.54) is 25.9 Å². The third kappa shape index (κ3) is 3.74. The lowest BCUT2D eigenvalue weighted by atomic mass is 9.83. The van der Waals surface area contributed by atoms with Gasteiger partial charge in [-0.1, -0.05) is 0 Å². The van der Waals surface area contributed by atoms with Gasteiger partial charge < -0.3 is 9.80 Å². The zero-order chi connectivity index (χ0) is 15.7. The number of carbonyl (C=O) groups excluding carboxylic acids is 1. The van der Waals surface area contributed by atoms with Gasteiger partial charge in [0.25, 0.3) is 0 Å². The molecule has 4 aliphatic rings. The van der Waals surface area contributed by atoms with Crippen LogP contribution in [-0.4, -0.2) is 78.6 Å². The number of piperidine rings is 3. The molecule has 2 bridgehead atoms. The van der Waals surface area contributed by atoms with E-state index in [-0.39, 0.29) is 5.91 Å². The summed E-state index contributed by atoms with van der Waals surface area (Å²) in [5.74, 6) is 0.406. The van der Waals surface area contributed by atoms with Gasteiger partial charge in [0.05, 0.1) is 6.42 Å². The van der Waals surface area contributed by atoms with Crippen molar-refractivity contribution in [3.05, 3.63) is 0 Å². The van der Waals surface area contributed by atoms with Gasteiger partial charge >= 0.3 is 6.18 Å². The zero-order valence-corrected chi connectivity index (χ0v) is 12.8. The molecule has 7 heteroatoms. The van der Waals surface area contributed by atoms with E-state index < -0.39 is 19.0 Å². The van der Waals surface area contributed by atoms with Gasteiger partial charge in [-0.15, -0.1) is 0 Å². The fourth-order valence-electron chi connectivity index (χ4n) is 4.06. The van der Waals surface area contributed by atoms with Gasteiger partial charge in [-0.05, 0) is 31.8 Å². The van der Waals surface area contributed by atoms with Crippen LogP contribution in [0.1, 0.15) is 25.7 Å². The van der Waals surface area contributed by atoms with Crippen molar-refractivity contribution in [2.45, 2.75) is 37.9 Å². The highest BCUT2D eigenvalue weighted by Gasteiger charge is 2.38. The molecule has 22 heavy (non-hydrogen) atoms. The SMILES string of the molecule is O=C(CCC(F)(F)F)N1CCN([C@H]2CN3CCC2CC3)CC1. The minimum Gasteiger partial charge on any atom is -0.340 e. The van der Waals surface area contributed by atoms with Crippen molar-refractivity contribution in [3.8, 4) is 0 Å². The lowest BCUT2D eigenvalue weighted by molar-refractivity contribution is -0.150. The van der Waals surface area contributed by atoms with E-state index in [9.17, 15) is 18.0 Å².